The largest absolute Gasteiger partial charge is 0.205 e. The Labute approximate surface area is 66.9 Å². The summed E-state index contributed by atoms with van der Waals surface area (Å²) < 4.78 is 1.61. The van der Waals surface area contributed by atoms with Crippen molar-refractivity contribution in [1.29, 1.82) is 0 Å². The van der Waals surface area contributed by atoms with Crippen molar-refractivity contribution < 1.29 is 0 Å². The SMILES string of the molecule is C/C=C\n1nnnc1C.CC. The monoisotopic (exact) mass is 154 g/mol. The van der Waals surface area contributed by atoms with E-state index >= 15 is 0 Å². The highest BCUT2D eigenvalue weighted by Crippen LogP contribution is 1.87. The molecule has 0 atom stereocenters. The summed E-state index contributed by atoms with van der Waals surface area (Å²) in [6.07, 6.45) is 3.68. The number of hydrogen-bond donors (Lipinski definition) is 0. The van der Waals surface area contributed by atoms with Crippen molar-refractivity contribution in [1.82, 2.24) is 20.2 Å². The maximum absolute atomic E-state index is 3.69. The van der Waals surface area contributed by atoms with Gasteiger partial charge in [0.25, 0.3) is 0 Å². The Kier molecular flexibility index (Phi) is 4.98. The summed E-state index contributed by atoms with van der Waals surface area (Å²) in [5.41, 5.74) is 0. The van der Waals surface area contributed by atoms with Gasteiger partial charge >= 0.3 is 0 Å². The average molecular weight is 154 g/mol. The van der Waals surface area contributed by atoms with E-state index in [0.717, 1.165) is 5.82 Å². The highest BCUT2D eigenvalue weighted by Gasteiger charge is 1.91. The predicted molar refractivity (Wildman–Crippen MR) is 44.9 cm³/mol. The topological polar surface area (TPSA) is 43.6 Å². The Morgan fingerprint density at radius 2 is 2.00 bits per heavy atom. The fraction of sp³-hybridized carbons (Fsp3) is 0.571. The van der Waals surface area contributed by atoms with Gasteiger partial charge in [-0.25, -0.2) is 4.68 Å². The smallest absolute Gasteiger partial charge is 0.152 e. The van der Waals surface area contributed by atoms with E-state index in [-0.39, 0.29) is 0 Å². The molecule has 0 aliphatic rings. The van der Waals surface area contributed by atoms with Gasteiger partial charge in [-0.1, -0.05) is 19.9 Å². The Morgan fingerprint density at radius 3 is 2.36 bits per heavy atom. The first kappa shape index (κ1) is 9.81. The highest BCUT2D eigenvalue weighted by molar-refractivity contribution is 5.18. The van der Waals surface area contributed by atoms with Crippen molar-refractivity contribution in [3.8, 4) is 0 Å². The maximum atomic E-state index is 3.69. The quantitative estimate of drug-likeness (QED) is 0.615. The Hall–Kier alpha value is -1.19. The molecule has 0 unspecified atom stereocenters. The van der Waals surface area contributed by atoms with Crippen LogP contribution in [0.15, 0.2) is 6.08 Å². The normalized spacial score (nSPS) is 9.45. The van der Waals surface area contributed by atoms with Crippen LogP contribution in [0.1, 0.15) is 26.6 Å². The second kappa shape index (κ2) is 5.58. The summed E-state index contributed by atoms with van der Waals surface area (Å²) in [6, 6.07) is 0. The van der Waals surface area contributed by atoms with Crippen molar-refractivity contribution in [2.75, 3.05) is 0 Å². The third kappa shape index (κ3) is 2.93. The summed E-state index contributed by atoms with van der Waals surface area (Å²) in [7, 11) is 0. The molecule has 0 aromatic carbocycles. The first-order valence-electron chi connectivity index (χ1n) is 3.72. The van der Waals surface area contributed by atoms with E-state index in [1.165, 1.54) is 0 Å². The third-order valence-corrected chi connectivity index (χ3v) is 0.948. The summed E-state index contributed by atoms with van der Waals surface area (Å²) in [5.74, 6) is 0.799. The standard InChI is InChI=1S/C5H8N4.C2H6/c1-3-4-9-5(2)6-7-8-9;1-2/h3-4H,1-2H3;1-2H3/b4-3-;. The molecule has 0 N–H and O–H groups in total. The van der Waals surface area contributed by atoms with E-state index in [9.17, 15) is 0 Å². The van der Waals surface area contributed by atoms with Gasteiger partial charge in [-0.15, -0.1) is 5.10 Å². The second-order valence-corrected chi connectivity index (χ2v) is 1.65. The first-order valence-corrected chi connectivity index (χ1v) is 3.72. The van der Waals surface area contributed by atoms with Gasteiger partial charge in [-0.05, 0) is 24.3 Å². The molecule has 4 heteroatoms. The highest BCUT2D eigenvalue weighted by atomic mass is 15.5. The van der Waals surface area contributed by atoms with E-state index in [2.05, 4.69) is 15.5 Å². The Bertz CT molecular complexity index is 214. The van der Waals surface area contributed by atoms with Crippen molar-refractivity contribution in [2.24, 2.45) is 0 Å². The van der Waals surface area contributed by atoms with E-state index < -0.39 is 0 Å². The molecule has 0 radical (unpaired) electrons. The molecule has 0 spiro atoms. The number of rotatable bonds is 1. The fourth-order valence-corrected chi connectivity index (χ4v) is 0.517. The van der Waals surface area contributed by atoms with Crippen molar-refractivity contribution in [3.05, 3.63) is 11.9 Å². The van der Waals surface area contributed by atoms with Gasteiger partial charge in [0.15, 0.2) is 5.82 Å². The number of allylic oxidation sites excluding steroid dienone is 1. The van der Waals surface area contributed by atoms with Crippen LogP contribution in [0.3, 0.4) is 0 Å². The van der Waals surface area contributed by atoms with Gasteiger partial charge in [-0.2, -0.15) is 0 Å². The van der Waals surface area contributed by atoms with Gasteiger partial charge in [0.1, 0.15) is 0 Å². The van der Waals surface area contributed by atoms with Gasteiger partial charge in [0.2, 0.25) is 0 Å². The summed E-state index contributed by atoms with van der Waals surface area (Å²) in [6.45, 7) is 7.76. The minimum Gasteiger partial charge on any atom is -0.205 e. The number of nitrogens with zero attached hydrogens (tertiary/aromatic N) is 4. The lowest BCUT2D eigenvalue weighted by atomic mass is 10.6. The number of aryl methyl sites for hydroxylation is 1. The molecular formula is C7H14N4. The summed E-state index contributed by atoms with van der Waals surface area (Å²) in [4.78, 5) is 0. The molecule has 1 rings (SSSR count). The van der Waals surface area contributed by atoms with Crippen LogP contribution in [-0.2, 0) is 0 Å². The van der Waals surface area contributed by atoms with Gasteiger partial charge in [0.05, 0.1) is 0 Å². The van der Waals surface area contributed by atoms with Crippen LogP contribution < -0.4 is 0 Å². The van der Waals surface area contributed by atoms with Crippen LogP contribution in [0.2, 0.25) is 0 Å². The average Bonchev–Trinajstić information content (AvgIpc) is 2.42. The second-order valence-electron chi connectivity index (χ2n) is 1.65. The number of tetrazole rings is 1. The lowest BCUT2D eigenvalue weighted by molar-refractivity contribution is 0.811. The molecule has 0 saturated heterocycles. The van der Waals surface area contributed by atoms with Crippen LogP contribution in [0.25, 0.3) is 6.20 Å². The lowest BCUT2D eigenvalue weighted by Gasteiger charge is -1.86. The zero-order valence-electron chi connectivity index (χ0n) is 7.44. The van der Waals surface area contributed by atoms with Gasteiger partial charge in [0, 0.05) is 6.20 Å². The Morgan fingerprint density at radius 1 is 1.36 bits per heavy atom. The molecule has 1 aromatic heterocycles. The van der Waals surface area contributed by atoms with E-state index in [1.807, 2.05) is 33.8 Å². The molecule has 0 bridgehead atoms. The molecule has 62 valence electrons. The summed E-state index contributed by atoms with van der Waals surface area (Å²) in [5, 5.41) is 10.8. The molecule has 1 aromatic rings. The van der Waals surface area contributed by atoms with Crippen molar-refractivity contribution >= 4 is 6.20 Å². The van der Waals surface area contributed by atoms with Crippen LogP contribution in [0.4, 0.5) is 0 Å². The number of hydrogen-bond acceptors (Lipinski definition) is 3. The van der Waals surface area contributed by atoms with Gasteiger partial charge < -0.3 is 0 Å². The van der Waals surface area contributed by atoms with E-state index in [4.69, 9.17) is 0 Å². The van der Waals surface area contributed by atoms with Crippen LogP contribution in [-0.4, -0.2) is 20.2 Å². The molecule has 0 amide bonds. The molecule has 0 fully saturated rings. The minimum atomic E-state index is 0.799. The van der Waals surface area contributed by atoms with Crippen molar-refractivity contribution in [2.45, 2.75) is 27.7 Å². The Balaban J connectivity index is 0.000000461. The third-order valence-electron chi connectivity index (χ3n) is 0.948. The maximum Gasteiger partial charge on any atom is 0.152 e. The number of aromatic nitrogens is 4. The molecular weight excluding hydrogens is 140 g/mol. The fourth-order valence-electron chi connectivity index (χ4n) is 0.517. The minimum absolute atomic E-state index is 0.799. The van der Waals surface area contributed by atoms with Crippen molar-refractivity contribution in [3.63, 3.8) is 0 Å². The molecule has 4 nitrogen and oxygen atoms in total. The van der Waals surface area contributed by atoms with E-state index in [0.29, 0.717) is 0 Å². The van der Waals surface area contributed by atoms with E-state index in [1.54, 1.807) is 10.9 Å². The summed E-state index contributed by atoms with van der Waals surface area (Å²) >= 11 is 0. The zero-order chi connectivity index (χ0) is 8.69. The molecule has 11 heavy (non-hydrogen) atoms. The van der Waals surface area contributed by atoms with Crippen LogP contribution >= 0.6 is 0 Å². The van der Waals surface area contributed by atoms with Crippen LogP contribution in [0.5, 0.6) is 0 Å². The first-order chi connectivity index (χ1) is 5.34. The molecule has 1 heterocycles. The zero-order valence-corrected chi connectivity index (χ0v) is 7.44. The molecule has 0 aliphatic carbocycles. The molecule has 0 aliphatic heterocycles. The van der Waals surface area contributed by atoms with Crippen LogP contribution in [0, 0.1) is 6.92 Å². The predicted octanol–water partition coefficient (Wildman–Crippen LogP) is 1.50. The van der Waals surface area contributed by atoms with Gasteiger partial charge in [-0.3, -0.25) is 0 Å². The lowest BCUT2D eigenvalue weighted by Crippen LogP contribution is -1.90. The molecule has 0 saturated carbocycles.